The van der Waals surface area contributed by atoms with Crippen LogP contribution in [0, 0.1) is 0 Å². The molecule has 0 bridgehead atoms. The number of rotatable bonds is 7. The number of aromatic nitrogens is 1. The van der Waals surface area contributed by atoms with Gasteiger partial charge in [0.1, 0.15) is 0 Å². The molecule has 0 N–H and O–H groups in total. The highest BCUT2D eigenvalue weighted by Crippen LogP contribution is 2.46. The summed E-state index contributed by atoms with van der Waals surface area (Å²) >= 11 is 0. The summed E-state index contributed by atoms with van der Waals surface area (Å²) in [7, 11) is 0. The maximum absolute atomic E-state index is 2.52. The number of hydrogen-bond donors (Lipinski definition) is 0. The predicted octanol–water partition coefficient (Wildman–Crippen LogP) is 15.3. The van der Waals surface area contributed by atoms with Gasteiger partial charge in [-0.15, -0.1) is 0 Å². The van der Waals surface area contributed by atoms with E-state index in [1.54, 1.807) is 0 Å². The Labute approximate surface area is 338 Å². The summed E-state index contributed by atoms with van der Waals surface area (Å²) in [4.78, 5) is 2.52. The second kappa shape index (κ2) is 14.3. The SMILES string of the molecule is C1=C(c2ccc(-c3ccccc3)cc2)CCC(N(c2ccc(-c3ccccc3)cc2)c2cc3c(c4ccccc24)c2ccccc2n3-c2ccc3ccccc3c2)=C1. The summed E-state index contributed by atoms with van der Waals surface area (Å²) in [5.74, 6) is 0. The molecule has 58 heavy (non-hydrogen) atoms. The fourth-order valence-electron chi connectivity index (χ4n) is 9.04. The third kappa shape index (κ3) is 5.90. The van der Waals surface area contributed by atoms with E-state index in [4.69, 9.17) is 0 Å². The average molecular weight is 741 g/mol. The molecule has 1 aliphatic rings. The van der Waals surface area contributed by atoms with Gasteiger partial charge in [-0.1, -0.05) is 176 Å². The highest BCUT2D eigenvalue weighted by molar-refractivity contribution is 6.24. The van der Waals surface area contributed by atoms with Crippen molar-refractivity contribution >= 4 is 60.3 Å². The zero-order valence-corrected chi connectivity index (χ0v) is 32.1. The van der Waals surface area contributed by atoms with Gasteiger partial charge in [-0.3, -0.25) is 0 Å². The number of hydrogen-bond acceptors (Lipinski definition) is 1. The van der Waals surface area contributed by atoms with Crippen molar-refractivity contribution < 1.29 is 0 Å². The lowest BCUT2D eigenvalue weighted by Gasteiger charge is -2.31. The fourth-order valence-corrected chi connectivity index (χ4v) is 9.04. The molecule has 11 rings (SSSR count). The summed E-state index contributed by atoms with van der Waals surface area (Å²) in [6.07, 6.45) is 6.56. The molecule has 2 nitrogen and oxygen atoms in total. The van der Waals surface area contributed by atoms with Crippen molar-refractivity contribution in [2.75, 3.05) is 4.90 Å². The van der Waals surface area contributed by atoms with Crippen LogP contribution in [0.15, 0.2) is 224 Å². The van der Waals surface area contributed by atoms with Crippen LogP contribution >= 0.6 is 0 Å². The van der Waals surface area contributed by atoms with Crippen LogP contribution in [0.5, 0.6) is 0 Å². The van der Waals surface area contributed by atoms with E-state index in [0.717, 1.165) is 24.2 Å². The first-order valence-electron chi connectivity index (χ1n) is 20.2. The summed E-state index contributed by atoms with van der Waals surface area (Å²) in [5.41, 5.74) is 14.7. The molecule has 274 valence electrons. The van der Waals surface area contributed by atoms with Crippen molar-refractivity contribution in [2.45, 2.75) is 12.8 Å². The summed E-state index contributed by atoms with van der Waals surface area (Å²) in [6.45, 7) is 0. The normalized spacial score (nSPS) is 12.9. The van der Waals surface area contributed by atoms with Crippen LogP contribution in [0.2, 0.25) is 0 Å². The zero-order valence-electron chi connectivity index (χ0n) is 32.1. The Bertz CT molecular complexity index is 3190. The molecule has 0 fully saturated rings. The first kappa shape index (κ1) is 33.9. The van der Waals surface area contributed by atoms with Gasteiger partial charge in [0.2, 0.25) is 0 Å². The van der Waals surface area contributed by atoms with E-state index in [-0.39, 0.29) is 0 Å². The van der Waals surface area contributed by atoms with Gasteiger partial charge in [0.15, 0.2) is 0 Å². The number of anilines is 2. The van der Waals surface area contributed by atoms with Crippen molar-refractivity contribution in [1.29, 1.82) is 0 Å². The third-order valence-electron chi connectivity index (χ3n) is 11.9. The van der Waals surface area contributed by atoms with Crippen LogP contribution < -0.4 is 4.90 Å². The van der Waals surface area contributed by atoms with E-state index < -0.39 is 0 Å². The summed E-state index contributed by atoms with van der Waals surface area (Å²) < 4.78 is 2.47. The number of benzene rings is 9. The number of nitrogens with zero attached hydrogens (tertiary/aromatic N) is 2. The lowest BCUT2D eigenvalue weighted by Crippen LogP contribution is -2.18. The molecule has 1 aliphatic carbocycles. The number of para-hydroxylation sites is 1. The molecule has 1 aromatic heterocycles. The smallest absolute Gasteiger partial charge is 0.0568 e. The van der Waals surface area contributed by atoms with Crippen LogP contribution in [0.3, 0.4) is 0 Å². The minimum absolute atomic E-state index is 0.909. The molecule has 0 amide bonds. The van der Waals surface area contributed by atoms with Crippen LogP contribution in [-0.2, 0) is 0 Å². The molecular formula is C56H40N2. The first-order valence-corrected chi connectivity index (χ1v) is 20.2. The standard InChI is InChI=1S/C56H40N2/c1-3-13-39(14-4-1)42-23-25-43(26-24-42)45-29-34-48(35-30-45)57(47-32-27-44(28-33-47)40-15-5-2-6-16-40)54-38-55-56(51-20-10-9-19-50(51)54)52-21-11-12-22-53(52)58(55)49-36-31-41-17-7-8-18-46(41)37-49/h1-29,31-34,36-38H,30,35H2. The van der Waals surface area contributed by atoms with E-state index in [1.165, 1.54) is 88.1 Å². The van der Waals surface area contributed by atoms with E-state index in [1.807, 2.05) is 0 Å². The van der Waals surface area contributed by atoms with Crippen LogP contribution in [0.4, 0.5) is 11.4 Å². The highest BCUT2D eigenvalue weighted by atomic mass is 15.2. The summed E-state index contributed by atoms with van der Waals surface area (Å²) in [5, 5.41) is 7.50. The van der Waals surface area contributed by atoms with Gasteiger partial charge >= 0.3 is 0 Å². The van der Waals surface area contributed by atoms with E-state index in [0.29, 0.717) is 0 Å². The van der Waals surface area contributed by atoms with Gasteiger partial charge in [0, 0.05) is 33.2 Å². The van der Waals surface area contributed by atoms with Crippen molar-refractivity contribution in [1.82, 2.24) is 4.57 Å². The molecule has 0 radical (unpaired) electrons. The summed E-state index contributed by atoms with van der Waals surface area (Å²) in [6, 6.07) is 75.3. The maximum Gasteiger partial charge on any atom is 0.0568 e. The van der Waals surface area contributed by atoms with Gasteiger partial charge in [0.25, 0.3) is 0 Å². The first-order chi connectivity index (χ1) is 28.8. The van der Waals surface area contributed by atoms with Crippen molar-refractivity contribution in [3.05, 3.63) is 230 Å². The Morgan fingerprint density at radius 2 is 0.948 bits per heavy atom. The Balaban J connectivity index is 1.11. The monoisotopic (exact) mass is 740 g/mol. The number of fused-ring (bicyclic) bond motifs is 6. The molecule has 0 saturated carbocycles. The minimum Gasteiger partial charge on any atom is -0.314 e. The Kier molecular flexibility index (Phi) is 8.33. The topological polar surface area (TPSA) is 8.17 Å². The molecule has 0 spiro atoms. The van der Waals surface area contributed by atoms with Crippen LogP contribution in [-0.4, -0.2) is 4.57 Å². The van der Waals surface area contributed by atoms with Gasteiger partial charge in [-0.2, -0.15) is 0 Å². The number of allylic oxidation sites excluding steroid dienone is 4. The quantitative estimate of drug-likeness (QED) is 0.158. The molecule has 0 atom stereocenters. The molecule has 0 unspecified atom stereocenters. The maximum atomic E-state index is 2.52. The lowest BCUT2D eigenvalue weighted by molar-refractivity contribution is 0.932. The molecule has 2 heteroatoms. The molecule has 0 aliphatic heterocycles. The van der Waals surface area contributed by atoms with Gasteiger partial charge in [-0.25, -0.2) is 0 Å². The largest absolute Gasteiger partial charge is 0.314 e. The zero-order chi connectivity index (χ0) is 38.4. The lowest BCUT2D eigenvalue weighted by atomic mass is 9.93. The second-order valence-corrected chi connectivity index (χ2v) is 15.3. The van der Waals surface area contributed by atoms with E-state index in [2.05, 4.69) is 228 Å². The highest BCUT2D eigenvalue weighted by Gasteiger charge is 2.24. The molecule has 9 aromatic carbocycles. The van der Waals surface area contributed by atoms with E-state index in [9.17, 15) is 0 Å². The van der Waals surface area contributed by atoms with E-state index >= 15 is 0 Å². The predicted molar refractivity (Wildman–Crippen MR) is 247 cm³/mol. The fraction of sp³-hybridized carbons (Fsp3) is 0.0357. The van der Waals surface area contributed by atoms with Gasteiger partial charge in [0.05, 0.1) is 16.7 Å². The third-order valence-corrected chi connectivity index (χ3v) is 11.9. The average Bonchev–Trinajstić information content (AvgIpc) is 3.64. The second-order valence-electron chi connectivity index (χ2n) is 15.3. The molecule has 0 saturated heterocycles. The van der Waals surface area contributed by atoms with Gasteiger partial charge in [-0.05, 0) is 105 Å². The van der Waals surface area contributed by atoms with Crippen LogP contribution in [0.1, 0.15) is 18.4 Å². The van der Waals surface area contributed by atoms with Crippen molar-refractivity contribution in [3.8, 4) is 27.9 Å². The molecular weight excluding hydrogens is 701 g/mol. The Morgan fingerprint density at radius 3 is 1.64 bits per heavy atom. The molecule has 10 aromatic rings. The Hall–Kier alpha value is -7.42. The minimum atomic E-state index is 0.909. The van der Waals surface area contributed by atoms with Crippen molar-refractivity contribution in [2.24, 2.45) is 0 Å². The van der Waals surface area contributed by atoms with Crippen LogP contribution in [0.25, 0.3) is 76.9 Å². The van der Waals surface area contributed by atoms with Gasteiger partial charge < -0.3 is 9.47 Å². The Morgan fingerprint density at radius 1 is 0.379 bits per heavy atom. The van der Waals surface area contributed by atoms with Crippen molar-refractivity contribution in [3.63, 3.8) is 0 Å². The molecule has 1 heterocycles.